The average molecular weight is 514 g/mol. The summed E-state index contributed by atoms with van der Waals surface area (Å²) in [6, 6.07) is 26.8. The van der Waals surface area contributed by atoms with Gasteiger partial charge in [-0.1, -0.05) is 48.5 Å². The van der Waals surface area contributed by atoms with Crippen LogP contribution in [-0.2, 0) is 14.8 Å². The van der Waals surface area contributed by atoms with Crippen LogP contribution in [0.1, 0.15) is 21.5 Å². The van der Waals surface area contributed by atoms with Crippen molar-refractivity contribution in [2.75, 3.05) is 20.3 Å². The molecule has 0 atom stereocenters. The van der Waals surface area contributed by atoms with E-state index in [2.05, 4.69) is 9.50 Å². The van der Waals surface area contributed by atoms with Crippen LogP contribution in [0.2, 0.25) is 0 Å². The van der Waals surface area contributed by atoms with Gasteiger partial charge in [0.25, 0.3) is 10.0 Å². The number of fused-ring (bicyclic) bond motifs is 2. The number of carbonyl (C=O) groups excluding carboxylic acids is 1. The minimum absolute atomic E-state index is 0.0385. The second-order valence-electron chi connectivity index (χ2n) is 8.19. The van der Waals surface area contributed by atoms with Gasteiger partial charge in [0.2, 0.25) is 0 Å². The molecule has 0 amide bonds. The largest absolute Gasteiger partial charge is 0.497 e. The van der Waals surface area contributed by atoms with Gasteiger partial charge in [-0.25, -0.2) is 9.80 Å². The maximum Gasteiger partial charge on any atom is 0.338 e. The molecule has 5 rings (SSSR count). The van der Waals surface area contributed by atoms with Crippen LogP contribution in [0, 0.1) is 0 Å². The molecular formula is C28H23N3O5S. The van der Waals surface area contributed by atoms with Gasteiger partial charge in [-0.3, -0.25) is 0 Å². The van der Waals surface area contributed by atoms with E-state index in [0.29, 0.717) is 16.9 Å². The fourth-order valence-electron chi connectivity index (χ4n) is 4.03. The van der Waals surface area contributed by atoms with Gasteiger partial charge in [-0.05, 0) is 58.8 Å². The van der Waals surface area contributed by atoms with Gasteiger partial charge < -0.3 is 9.47 Å². The molecule has 0 radical (unpaired) electrons. The van der Waals surface area contributed by atoms with Crippen LogP contribution in [0.25, 0.3) is 10.8 Å². The number of amidine groups is 1. The van der Waals surface area contributed by atoms with Crippen molar-refractivity contribution in [3.05, 3.63) is 108 Å². The molecule has 0 fully saturated rings. The average Bonchev–Trinajstić information content (AvgIpc) is 3.21. The van der Waals surface area contributed by atoms with Gasteiger partial charge in [-0.2, -0.15) is 13.5 Å². The first kappa shape index (κ1) is 24.2. The fourth-order valence-corrected chi connectivity index (χ4v) is 5.23. The molecule has 1 aliphatic heterocycles. The van der Waals surface area contributed by atoms with Crippen LogP contribution in [0.4, 0.5) is 0 Å². The molecule has 0 saturated heterocycles. The van der Waals surface area contributed by atoms with E-state index in [1.807, 2.05) is 42.5 Å². The molecule has 0 N–H and O–H groups in total. The Morgan fingerprint density at radius 1 is 0.946 bits per heavy atom. The van der Waals surface area contributed by atoms with Crippen molar-refractivity contribution in [1.82, 2.24) is 5.01 Å². The summed E-state index contributed by atoms with van der Waals surface area (Å²) >= 11 is 0. The van der Waals surface area contributed by atoms with Gasteiger partial charge in [-0.15, -0.1) is 4.40 Å². The Hall–Kier alpha value is -4.50. The van der Waals surface area contributed by atoms with Crippen LogP contribution in [0.3, 0.4) is 0 Å². The predicted octanol–water partition coefficient (Wildman–Crippen LogP) is 4.49. The highest BCUT2D eigenvalue weighted by molar-refractivity contribution is 7.90. The summed E-state index contributed by atoms with van der Waals surface area (Å²) in [6.07, 6.45) is 1.59. The van der Waals surface area contributed by atoms with Gasteiger partial charge in [0, 0.05) is 5.56 Å². The summed E-state index contributed by atoms with van der Waals surface area (Å²) in [5.41, 5.74) is 1.67. The molecule has 4 aromatic carbocycles. The number of rotatable bonds is 7. The molecule has 37 heavy (non-hydrogen) atoms. The topological polar surface area (TPSA) is 97.6 Å². The summed E-state index contributed by atoms with van der Waals surface area (Å²) in [5.74, 6) is 0.397. The summed E-state index contributed by atoms with van der Waals surface area (Å²) in [6.45, 7) is 0.0507. The number of benzene rings is 4. The number of carbonyl (C=O) groups is 1. The van der Waals surface area contributed by atoms with Crippen molar-refractivity contribution in [3.63, 3.8) is 0 Å². The highest BCUT2D eigenvalue weighted by Crippen LogP contribution is 2.27. The van der Waals surface area contributed by atoms with E-state index in [4.69, 9.17) is 9.47 Å². The number of methoxy groups -OCH3 is 1. The van der Waals surface area contributed by atoms with E-state index < -0.39 is 16.0 Å². The molecule has 1 heterocycles. The standard InChI is InChI=1S/C28H23N3O5S/c1-35-22-15-13-20(14-16-22)19-29-31(27-25-10-4-5-12-26(25)37(33,34)30-27)17-18-36-28(32)24-11-6-8-21-7-2-3-9-23(21)24/h2-16,19H,17-18H2,1H3/b29-19-. The molecule has 0 aliphatic carbocycles. The Morgan fingerprint density at radius 2 is 1.68 bits per heavy atom. The fraction of sp³-hybridized carbons (Fsp3) is 0.107. The smallest absolute Gasteiger partial charge is 0.338 e. The number of hydrogen-bond donors (Lipinski definition) is 0. The Labute approximate surface area is 214 Å². The molecule has 0 aromatic heterocycles. The summed E-state index contributed by atoms with van der Waals surface area (Å²) in [5, 5.41) is 7.66. The van der Waals surface area contributed by atoms with Crippen LogP contribution in [0.5, 0.6) is 5.75 Å². The second-order valence-corrected chi connectivity index (χ2v) is 9.76. The SMILES string of the molecule is COc1ccc(/C=N\N(CCOC(=O)c2cccc3ccccc23)C2=NS(=O)(=O)c3ccccc32)cc1. The Morgan fingerprint density at radius 3 is 2.49 bits per heavy atom. The molecule has 0 unspecified atom stereocenters. The van der Waals surface area contributed by atoms with Crippen molar-refractivity contribution >= 4 is 38.8 Å². The maximum atomic E-state index is 12.9. The molecule has 0 saturated carbocycles. The van der Waals surface area contributed by atoms with Gasteiger partial charge in [0.05, 0.1) is 25.4 Å². The normalized spacial score (nSPS) is 13.8. The van der Waals surface area contributed by atoms with Crippen LogP contribution < -0.4 is 4.74 Å². The monoisotopic (exact) mass is 513 g/mol. The minimum Gasteiger partial charge on any atom is -0.497 e. The van der Waals surface area contributed by atoms with E-state index in [9.17, 15) is 13.2 Å². The van der Waals surface area contributed by atoms with Crippen molar-refractivity contribution in [3.8, 4) is 5.75 Å². The lowest BCUT2D eigenvalue weighted by Crippen LogP contribution is -2.30. The number of nitrogens with zero attached hydrogens (tertiary/aromatic N) is 3. The lowest BCUT2D eigenvalue weighted by atomic mass is 10.1. The van der Waals surface area contributed by atoms with E-state index >= 15 is 0 Å². The summed E-state index contributed by atoms with van der Waals surface area (Å²) in [7, 11) is -2.27. The zero-order valence-corrected chi connectivity index (χ0v) is 20.8. The van der Waals surface area contributed by atoms with Crippen molar-refractivity contribution in [2.24, 2.45) is 9.50 Å². The number of hydrogen-bond acceptors (Lipinski definition) is 7. The van der Waals surface area contributed by atoms with E-state index in [0.717, 1.165) is 16.3 Å². The first-order valence-corrected chi connectivity index (χ1v) is 12.9. The van der Waals surface area contributed by atoms with Crippen molar-refractivity contribution < 1.29 is 22.7 Å². The van der Waals surface area contributed by atoms with Crippen molar-refractivity contribution in [2.45, 2.75) is 4.90 Å². The van der Waals surface area contributed by atoms with E-state index in [1.165, 1.54) is 11.1 Å². The molecule has 4 aromatic rings. The van der Waals surface area contributed by atoms with E-state index in [-0.39, 0.29) is 23.9 Å². The lowest BCUT2D eigenvalue weighted by Gasteiger charge is -2.19. The first-order valence-electron chi connectivity index (χ1n) is 11.5. The van der Waals surface area contributed by atoms with Crippen LogP contribution in [0.15, 0.2) is 105 Å². The number of sulfonamides is 1. The lowest BCUT2D eigenvalue weighted by molar-refractivity contribution is 0.0489. The Kier molecular flexibility index (Phi) is 6.70. The first-order chi connectivity index (χ1) is 18.0. The van der Waals surface area contributed by atoms with Crippen LogP contribution in [-0.4, -0.2) is 51.7 Å². The second kappa shape index (κ2) is 10.2. The third-order valence-corrected chi connectivity index (χ3v) is 7.19. The molecule has 0 spiro atoms. The number of hydrazone groups is 1. The number of esters is 1. The molecule has 1 aliphatic rings. The molecule has 186 valence electrons. The van der Waals surface area contributed by atoms with Gasteiger partial charge >= 0.3 is 5.97 Å². The quantitative estimate of drug-likeness (QED) is 0.205. The highest BCUT2D eigenvalue weighted by atomic mass is 32.2. The third-order valence-electron chi connectivity index (χ3n) is 5.86. The molecular weight excluding hydrogens is 490 g/mol. The molecule has 0 bridgehead atoms. The van der Waals surface area contributed by atoms with Gasteiger partial charge in [0.15, 0.2) is 5.84 Å². The van der Waals surface area contributed by atoms with Gasteiger partial charge in [0.1, 0.15) is 17.3 Å². The Balaban J connectivity index is 1.39. The predicted molar refractivity (Wildman–Crippen MR) is 142 cm³/mol. The Bertz CT molecular complexity index is 1620. The maximum absolute atomic E-state index is 12.9. The number of ether oxygens (including phenoxy) is 2. The molecule has 9 heteroatoms. The van der Waals surface area contributed by atoms with Crippen LogP contribution >= 0.6 is 0 Å². The summed E-state index contributed by atoms with van der Waals surface area (Å²) < 4.78 is 40.0. The summed E-state index contributed by atoms with van der Waals surface area (Å²) in [4.78, 5) is 13.0. The highest BCUT2D eigenvalue weighted by Gasteiger charge is 2.31. The molecule has 8 nitrogen and oxygen atoms in total. The zero-order valence-electron chi connectivity index (χ0n) is 19.9. The third kappa shape index (κ3) is 5.07. The zero-order chi connectivity index (χ0) is 25.8. The minimum atomic E-state index is -3.85. The van der Waals surface area contributed by atoms with E-state index in [1.54, 1.807) is 55.8 Å². The van der Waals surface area contributed by atoms with Crippen molar-refractivity contribution in [1.29, 1.82) is 0 Å².